The largest absolute Gasteiger partial charge is 0.459 e. The molecule has 1 aromatic carbocycles. The third-order valence-corrected chi connectivity index (χ3v) is 6.09. The highest BCUT2D eigenvalue weighted by Crippen LogP contribution is 2.46. The number of nitrogens with one attached hydrogen (secondary N) is 1. The number of Topliss-reactive ketones (excluding diaryl/α,β-unsaturated/α-hetero) is 1. The fourth-order valence-corrected chi connectivity index (χ4v) is 4.72. The molecular formula is C24H28FNO4. The van der Waals surface area contributed by atoms with Crippen LogP contribution in [0.3, 0.4) is 0 Å². The van der Waals surface area contributed by atoms with E-state index < -0.39 is 11.9 Å². The van der Waals surface area contributed by atoms with Gasteiger partial charge in [-0.1, -0.05) is 26.0 Å². The van der Waals surface area contributed by atoms with Crippen molar-refractivity contribution in [2.75, 3.05) is 13.2 Å². The van der Waals surface area contributed by atoms with E-state index in [-0.39, 0.29) is 29.7 Å². The molecule has 0 aromatic heterocycles. The van der Waals surface area contributed by atoms with Crippen LogP contribution >= 0.6 is 0 Å². The molecule has 1 aliphatic carbocycles. The molecule has 1 saturated heterocycles. The van der Waals surface area contributed by atoms with Gasteiger partial charge in [-0.3, -0.25) is 4.79 Å². The lowest BCUT2D eigenvalue weighted by Gasteiger charge is -2.39. The molecule has 2 aliphatic heterocycles. The second-order valence-electron chi connectivity index (χ2n) is 9.21. The number of carbonyl (C=O) groups excluding carboxylic acids is 2. The van der Waals surface area contributed by atoms with Gasteiger partial charge in [-0.05, 0) is 49.3 Å². The highest BCUT2D eigenvalue weighted by molar-refractivity contribution is 6.04. The molecule has 2 heterocycles. The Bertz CT molecular complexity index is 923. The van der Waals surface area contributed by atoms with E-state index in [2.05, 4.69) is 19.2 Å². The lowest BCUT2D eigenvalue weighted by molar-refractivity contribution is -0.142. The normalized spacial score (nSPS) is 25.8. The molecule has 0 spiro atoms. The molecule has 6 heteroatoms. The van der Waals surface area contributed by atoms with Crippen LogP contribution < -0.4 is 5.32 Å². The Morgan fingerprint density at radius 3 is 2.67 bits per heavy atom. The number of hydrogen-bond donors (Lipinski definition) is 1. The van der Waals surface area contributed by atoms with Gasteiger partial charge in [0.25, 0.3) is 0 Å². The molecule has 3 aliphatic rings. The average molecular weight is 413 g/mol. The number of rotatable bonds is 4. The van der Waals surface area contributed by atoms with E-state index in [4.69, 9.17) is 9.47 Å². The Balaban J connectivity index is 1.71. The van der Waals surface area contributed by atoms with Crippen LogP contribution in [0.15, 0.2) is 46.8 Å². The summed E-state index contributed by atoms with van der Waals surface area (Å²) < 4.78 is 24.7. The zero-order chi connectivity index (χ0) is 21.5. The molecule has 0 radical (unpaired) electrons. The molecule has 1 aromatic rings. The first-order chi connectivity index (χ1) is 14.2. The van der Waals surface area contributed by atoms with Gasteiger partial charge < -0.3 is 14.8 Å². The summed E-state index contributed by atoms with van der Waals surface area (Å²) in [5, 5.41) is 3.31. The minimum absolute atomic E-state index is 0.0139. The third-order valence-electron chi connectivity index (χ3n) is 6.09. The highest BCUT2D eigenvalue weighted by atomic mass is 19.1. The van der Waals surface area contributed by atoms with E-state index in [0.717, 1.165) is 18.5 Å². The molecule has 4 rings (SSSR count). The average Bonchev–Trinajstić information content (AvgIpc) is 3.18. The van der Waals surface area contributed by atoms with Crippen LogP contribution in [0.4, 0.5) is 4.39 Å². The minimum atomic E-state index is -0.567. The third kappa shape index (κ3) is 4.06. The summed E-state index contributed by atoms with van der Waals surface area (Å²) in [6.45, 7) is 6.83. The van der Waals surface area contributed by atoms with E-state index in [1.165, 1.54) is 12.1 Å². The lowest BCUT2D eigenvalue weighted by Crippen LogP contribution is -2.39. The van der Waals surface area contributed by atoms with E-state index in [1.807, 2.05) is 6.92 Å². The number of hydrogen-bond acceptors (Lipinski definition) is 5. The number of halogens is 1. The standard InChI is InChI=1S/C24H28FNO4/c1-14-20(23(28)30-13-17-5-4-10-29-17)21(15-6-8-16(25)9-7-15)22-18(26-14)11-24(2,3)12-19(22)27/h6-9,17,21,26H,4-5,10-13H2,1-3H3/t17-,21+/m1/s1. The summed E-state index contributed by atoms with van der Waals surface area (Å²) in [6.07, 6.45) is 2.87. The van der Waals surface area contributed by atoms with Crippen molar-refractivity contribution in [1.29, 1.82) is 0 Å². The first-order valence-corrected chi connectivity index (χ1v) is 10.5. The number of carbonyl (C=O) groups is 2. The van der Waals surface area contributed by atoms with Crippen molar-refractivity contribution < 1.29 is 23.5 Å². The van der Waals surface area contributed by atoms with Gasteiger partial charge in [0.05, 0.1) is 11.7 Å². The van der Waals surface area contributed by atoms with E-state index in [0.29, 0.717) is 41.9 Å². The van der Waals surface area contributed by atoms with Crippen LogP contribution in [0.25, 0.3) is 0 Å². The van der Waals surface area contributed by atoms with Crippen LogP contribution in [-0.4, -0.2) is 31.1 Å². The SMILES string of the molecule is CC1=C(C(=O)OC[C@H]2CCCO2)[C@H](c2ccc(F)cc2)C2=C(CC(C)(C)CC2=O)N1. The zero-order valence-corrected chi connectivity index (χ0v) is 17.7. The van der Waals surface area contributed by atoms with Crippen molar-refractivity contribution in [1.82, 2.24) is 5.32 Å². The summed E-state index contributed by atoms with van der Waals surface area (Å²) in [7, 11) is 0. The second-order valence-corrected chi connectivity index (χ2v) is 9.21. The predicted octanol–water partition coefficient (Wildman–Crippen LogP) is 4.15. The van der Waals surface area contributed by atoms with Crippen molar-refractivity contribution in [2.45, 2.75) is 58.5 Å². The maximum absolute atomic E-state index is 13.6. The van der Waals surface area contributed by atoms with Crippen LogP contribution in [0.2, 0.25) is 0 Å². The van der Waals surface area contributed by atoms with Crippen LogP contribution in [-0.2, 0) is 19.1 Å². The summed E-state index contributed by atoms with van der Waals surface area (Å²) in [4.78, 5) is 26.3. The molecule has 0 unspecified atom stereocenters. The molecule has 160 valence electrons. The van der Waals surface area contributed by atoms with E-state index in [1.54, 1.807) is 12.1 Å². The Morgan fingerprint density at radius 1 is 1.27 bits per heavy atom. The fraction of sp³-hybridized carbons (Fsp3) is 0.500. The number of ketones is 1. The quantitative estimate of drug-likeness (QED) is 0.752. The molecule has 1 fully saturated rings. The summed E-state index contributed by atoms with van der Waals surface area (Å²) in [5.74, 6) is -1.38. The maximum atomic E-state index is 13.6. The van der Waals surface area contributed by atoms with E-state index in [9.17, 15) is 14.0 Å². The van der Waals surface area contributed by atoms with Gasteiger partial charge in [0.2, 0.25) is 0 Å². The molecule has 2 atom stereocenters. The van der Waals surface area contributed by atoms with Gasteiger partial charge in [-0.15, -0.1) is 0 Å². The van der Waals surface area contributed by atoms with Gasteiger partial charge in [0.1, 0.15) is 12.4 Å². The number of ether oxygens (including phenoxy) is 2. The predicted molar refractivity (Wildman–Crippen MR) is 110 cm³/mol. The summed E-state index contributed by atoms with van der Waals surface area (Å²) in [5.41, 5.74) is 3.07. The molecule has 5 nitrogen and oxygen atoms in total. The molecular weight excluding hydrogens is 385 g/mol. The fourth-order valence-electron chi connectivity index (χ4n) is 4.72. The highest BCUT2D eigenvalue weighted by Gasteiger charge is 2.43. The Morgan fingerprint density at radius 2 is 2.00 bits per heavy atom. The molecule has 30 heavy (non-hydrogen) atoms. The number of esters is 1. The summed E-state index contributed by atoms with van der Waals surface area (Å²) in [6, 6.07) is 6.01. The van der Waals surface area contributed by atoms with Crippen LogP contribution in [0, 0.1) is 11.2 Å². The smallest absolute Gasteiger partial charge is 0.336 e. The van der Waals surface area contributed by atoms with Crippen LogP contribution in [0.1, 0.15) is 57.9 Å². The zero-order valence-electron chi connectivity index (χ0n) is 17.7. The first-order valence-electron chi connectivity index (χ1n) is 10.5. The second kappa shape index (κ2) is 7.99. The topological polar surface area (TPSA) is 64.6 Å². The minimum Gasteiger partial charge on any atom is -0.459 e. The van der Waals surface area contributed by atoms with Gasteiger partial charge in [0, 0.05) is 35.9 Å². The van der Waals surface area contributed by atoms with Crippen molar-refractivity contribution in [3.05, 3.63) is 58.2 Å². The van der Waals surface area contributed by atoms with Gasteiger partial charge >= 0.3 is 5.97 Å². The number of allylic oxidation sites excluding steroid dienone is 3. The van der Waals surface area contributed by atoms with Gasteiger partial charge in [-0.2, -0.15) is 0 Å². The monoisotopic (exact) mass is 413 g/mol. The molecule has 0 bridgehead atoms. The lowest BCUT2D eigenvalue weighted by atomic mass is 9.68. The van der Waals surface area contributed by atoms with E-state index >= 15 is 0 Å². The van der Waals surface area contributed by atoms with Crippen molar-refractivity contribution in [2.24, 2.45) is 5.41 Å². The first kappa shape index (κ1) is 20.8. The number of dihydropyridines is 1. The summed E-state index contributed by atoms with van der Waals surface area (Å²) >= 11 is 0. The van der Waals surface area contributed by atoms with Gasteiger partial charge in [-0.25, -0.2) is 9.18 Å². The molecule has 0 saturated carbocycles. The Labute approximate surface area is 176 Å². The van der Waals surface area contributed by atoms with Crippen molar-refractivity contribution in [3.8, 4) is 0 Å². The van der Waals surface area contributed by atoms with Gasteiger partial charge in [0.15, 0.2) is 5.78 Å². The molecule has 1 N–H and O–H groups in total. The Kier molecular flexibility index (Phi) is 5.53. The van der Waals surface area contributed by atoms with Crippen molar-refractivity contribution in [3.63, 3.8) is 0 Å². The Hall–Kier alpha value is -2.47. The van der Waals surface area contributed by atoms with Crippen molar-refractivity contribution >= 4 is 11.8 Å². The van der Waals surface area contributed by atoms with Crippen LogP contribution in [0.5, 0.6) is 0 Å². The maximum Gasteiger partial charge on any atom is 0.336 e. The number of benzene rings is 1. The molecule has 0 amide bonds.